The van der Waals surface area contributed by atoms with Crippen LogP contribution in [0.25, 0.3) is 0 Å². The lowest BCUT2D eigenvalue weighted by atomic mass is 10.0. The Morgan fingerprint density at radius 1 is 0.946 bits per heavy atom. The third kappa shape index (κ3) is 8.36. The number of nitrogens with zero attached hydrogens (tertiary/aromatic N) is 1. The van der Waals surface area contributed by atoms with Crippen molar-refractivity contribution in [3.8, 4) is 5.75 Å². The van der Waals surface area contributed by atoms with E-state index in [1.54, 1.807) is 11.0 Å². The van der Waals surface area contributed by atoms with E-state index >= 15 is 0 Å². The van der Waals surface area contributed by atoms with Gasteiger partial charge in [0.25, 0.3) is 5.91 Å². The molecular formula is C31H37ClN2O3. The fourth-order valence-corrected chi connectivity index (χ4v) is 4.42. The molecular weight excluding hydrogens is 484 g/mol. The molecule has 0 bridgehead atoms. The summed E-state index contributed by atoms with van der Waals surface area (Å²) >= 11 is 6.25. The molecule has 0 aromatic heterocycles. The van der Waals surface area contributed by atoms with Crippen molar-refractivity contribution < 1.29 is 14.3 Å². The number of ether oxygens (including phenoxy) is 1. The van der Waals surface area contributed by atoms with Crippen LogP contribution in [-0.2, 0) is 22.6 Å². The Morgan fingerprint density at radius 2 is 1.62 bits per heavy atom. The van der Waals surface area contributed by atoms with E-state index in [1.165, 1.54) is 0 Å². The Labute approximate surface area is 225 Å². The summed E-state index contributed by atoms with van der Waals surface area (Å²) in [5, 5.41) is 3.64. The second-order valence-corrected chi connectivity index (χ2v) is 11.0. The normalized spacial score (nSPS) is 12.1. The van der Waals surface area contributed by atoms with E-state index in [9.17, 15) is 9.59 Å². The predicted octanol–water partition coefficient (Wildman–Crippen LogP) is 6.20. The molecule has 0 spiro atoms. The number of nitrogens with one attached hydrogen (secondary N) is 1. The highest BCUT2D eigenvalue weighted by molar-refractivity contribution is 6.30. The van der Waals surface area contributed by atoms with Crippen LogP contribution in [0.4, 0.5) is 0 Å². The van der Waals surface area contributed by atoms with Crippen LogP contribution in [0.15, 0.2) is 66.7 Å². The molecule has 1 N–H and O–H groups in total. The van der Waals surface area contributed by atoms with Gasteiger partial charge in [0.15, 0.2) is 6.61 Å². The smallest absolute Gasteiger partial charge is 0.261 e. The monoisotopic (exact) mass is 520 g/mol. The summed E-state index contributed by atoms with van der Waals surface area (Å²) in [5.41, 5.74) is 4.50. The van der Waals surface area contributed by atoms with Gasteiger partial charge in [0.1, 0.15) is 11.8 Å². The van der Waals surface area contributed by atoms with Gasteiger partial charge in [0.2, 0.25) is 5.91 Å². The van der Waals surface area contributed by atoms with Crippen LogP contribution in [-0.4, -0.2) is 34.9 Å². The van der Waals surface area contributed by atoms with E-state index in [4.69, 9.17) is 16.3 Å². The van der Waals surface area contributed by atoms with Crippen LogP contribution in [0, 0.1) is 20.8 Å². The van der Waals surface area contributed by atoms with Crippen LogP contribution in [0.1, 0.15) is 48.6 Å². The van der Waals surface area contributed by atoms with E-state index < -0.39 is 11.6 Å². The SMILES string of the molecule is Cc1cc(C)c(C)c(OCC(=O)N(Cc2cccc(Cl)c2)[C@@H](Cc2ccccc2)C(=O)NC(C)(C)C)c1. The fourth-order valence-electron chi connectivity index (χ4n) is 4.21. The molecule has 2 amide bonds. The molecule has 3 rings (SSSR count). The zero-order chi connectivity index (χ0) is 27.2. The van der Waals surface area contributed by atoms with Gasteiger partial charge in [0, 0.05) is 23.5 Å². The predicted molar refractivity (Wildman–Crippen MR) is 150 cm³/mol. The van der Waals surface area contributed by atoms with Gasteiger partial charge in [-0.1, -0.05) is 60.1 Å². The molecule has 0 aliphatic rings. The van der Waals surface area contributed by atoms with Crippen molar-refractivity contribution in [3.05, 3.63) is 99.6 Å². The summed E-state index contributed by atoms with van der Waals surface area (Å²) in [7, 11) is 0. The molecule has 0 aliphatic heterocycles. The summed E-state index contributed by atoms with van der Waals surface area (Å²) < 4.78 is 6.03. The van der Waals surface area contributed by atoms with Crippen molar-refractivity contribution in [2.75, 3.05) is 6.61 Å². The first-order valence-corrected chi connectivity index (χ1v) is 12.9. The molecule has 0 aliphatic carbocycles. The Morgan fingerprint density at radius 3 is 2.27 bits per heavy atom. The average Bonchev–Trinajstić information content (AvgIpc) is 2.82. The van der Waals surface area contributed by atoms with Crippen molar-refractivity contribution >= 4 is 23.4 Å². The maximum absolute atomic E-state index is 13.8. The first-order chi connectivity index (χ1) is 17.4. The molecule has 0 unspecified atom stereocenters. The highest BCUT2D eigenvalue weighted by atomic mass is 35.5. The van der Waals surface area contributed by atoms with Crippen LogP contribution in [0.3, 0.4) is 0 Å². The van der Waals surface area contributed by atoms with Gasteiger partial charge < -0.3 is 15.0 Å². The van der Waals surface area contributed by atoms with Crippen molar-refractivity contribution in [1.29, 1.82) is 0 Å². The Balaban J connectivity index is 1.96. The van der Waals surface area contributed by atoms with Crippen molar-refractivity contribution in [1.82, 2.24) is 10.2 Å². The fraction of sp³-hybridized carbons (Fsp3) is 0.355. The van der Waals surface area contributed by atoms with Gasteiger partial charge in [0.05, 0.1) is 0 Å². The molecule has 0 heterocycles. The molecule has 37 heavy (non-hydrogen) atoms. The molecule has 5 nitrogen and oxygen atoms in total. The number of aryl methyl sites for hydroxylation is 2. The molecule has 196 valence electrons. The second kappa shape index (κ2) is 12.3. The zero-order valence-electron chi connectivity index (χ0n) is 22.6. The number of halogens is 1. The largest absolute Gasteiger partial charge is 0.483 e. The summed E-state index contributed by atoms with van der Waals surface area (Å²) in [5.74, 6) is 0.185. The molecule has 0 saturated carbocycles. The minimum Gasteiger partial charge on any atom is -0.483 e. The van der Waals surface area contributed by atoms with E-state index in [-0.39, 0.29) is 25.0 Å². The topological polar surface area (TPSA) is 58.6 Å². The van der Waals surface area contributed by atoms with Gasteiger partial charge in [-0.05, 0) is 87.6 Å². The molecule has 0 saturated heterocycles. The molecule has 3 aromatic carbocycles. The molecule has 3 aromatic rings. The number of benzene rings is 3. The molecule has 1 atom stereocenters. The lowest BCUT2D eigenvalue weighted by molar-refractivity contribution is -0.143. The maximum Gasteiger partial charge on any atom is 0.261 e. The summed E-state index contributed by atoms with van der Waals surface area (Å²) in [6.45, 7) is 11.8. The Kier molecular flexibility index (Phi) is 9.39. The standard InChI is InChI=1S/C31H37ClN2O3/c1-21-15-22(2)23(3)28(16-21)37-20-29(35)34(19-25-13-10-14-26(32)17-25)27(30(36)33-31(4,5)6)18-24-11-8-7-9-12-24/h7-17,27H,18-20H2,1-6H3,(H,33,36)/t27-/m0/s1. The highest BCUT2D eigenvalue weighted by Crippen LogP contribution is 2.24. The Hall–Kier alpha value is -3.31. The van der Waals surface area contributed by atoms with Crippen LogP contribution in [0.5, 0.6) is 5.75 Å². The van der Waals surface area contributed by atoms with E-state index in [1.807, 2.05) is 96.1 Å². The van der Waals surface area contributed by atoms with Crippen molar-refractivity contribution in [2.45, 2.75) is 66.1 Å². The lowest BCUT2D eigenvalue weighted by Gasteiger charge is -2.34. The zero-order valence-corrected chi connectivity index (χ0v) is 23.4. The minimum atomic E-state index is -0.739. The number of hydrogen-bond donors (Lipinski definition) is 1. The van der Waals surface area contributed by atoms with Crippen LogP contribution in [0.2, 0.25) is 5.02 Å². The van der Waals surface area contributed by atoms with E-state index in [0.717, 1.165) is 27.8 Å². The first kappa shape index (κ1) is 28.3. The Bertz CT molecular complexity index is 1230. The maximum atomic E-state index is 13.8. The van der Waals surface area contributed by atoms with Gasteiger partial charge in [-0.25, -0.2) is 0 Å². The third-order valence-corrected chi connectivity index (χ3v) is 6.36. The third-order valence-electron chi connectivity index (χ3n) is 6.13. The number of carbonyl (C=O) groups is 2. The quantitative estimate of drug-likeness (QED) is 0.365. The van der Waals surface area contributed by atoms with Crippen LogP contribution >= 0.6 is 11.6 Å². The van der Waals surface area contributed by atoms with E-state index in [0.29, 0.717) is 17.2 Å². The summed E-state index contributed by atoms with van der Waals surface area (Å²) in [6, 6.07) is 20.4. The molecule has 0 fully saturated rings. The van der Waals surface area contributed by atoms with Crippen LogP contribution < -0.4 is 10.1 Å². The second-order valence-electron chi connectivity index (χ2n) is 10.6. The van der Waals surface area contributed by atoms with Gasteiger partial charge in [-0.3, -0.25) is 9.59 Å². The summed E-state index contributed by atoms with van der Waals surface area (Å²) in [6.07, 6.45) is 0.373. The first-order valence-electron chi connectivity index (χ1n) is 12.5. The number of rotatable bonds is 9. The average molecular weight is 521 g/mol. The van der Waals surface area contributed by atoms with E-state index in [2.05, 4.69) is 11.4 Å². The van der Waals surface area contributed by atoms with Gasteiger partial charge in [-0.15, -0.1) is 0 Å². The van der Waals surface area contributed by atoms with Gasteiger partial charge in [-0.2, -0.15) is 0 Å². The van der Waals surface area contributed by atoms with Crippen molar-refractivity contribution in [3.63, 3.8) is 0 Å². The number of carbonyl (C=O) groups excluding carboxylic acids is 2. The highest BCUT2D eigenvalue weighted by Gasteiger charge is 2.32. The molecule has 0 radical (unpaired) electrons. The minimum absolute atomic E-state index is 0.182. The summed E-state index contributed by atoms with van der Waals surface area (Å²) in [4.78, 5) is 29.0. The molecule has 6 heteroatoms. The number of hydrogen-bond acceptors (Lipinski definition) is 3. The van der Waals surface area contributed by atoms with Gasteiger partial charge >= 0.3 is 0 Å². The number of amides is 2. The lowest BCUT2D eigenvalue weighted by Crippen LogP contribution is -2.55. The van der Waals surface area contributed by atoms with Crippen molar-refractivity contribution in [2.24, 2.45) is 0 Å².